The van der Waals surface area contributed by atoms with Gasteiger partial charge in [-0.15, -0.1) is 0 Å². The summed E-state index contributed by atoms with van der Waals surface area (Å²) in [5.41, 5.74) is 0. The van der Waals surface area contributed by atoms with E-state index in [-0.39, 0.29) is 11.8 Å². The SMILES string of the molecule is CC(C)C(=O)N1CCCCCO1. The van der Waals surface area contributed by atoms with E-state index in [1.54, 1.807) is 0 Å². The minimum absolute atomic E-state index is 0.0445. The molecule has 0 N–H and O–H groups in total. The molecular weight excluding hydrogens is 154 g/mol. The Hall–Kier alpha value is -0.570. The van der Waals surface area contributed by atoms with Crippen LogP contribution in [-0.4, -0.2) is 24.1 Å². The Morgan fingerprint density at radius 2 is 2.08 bits per heavy atom. The topological polar surface area (TPSA) is 29.5 Å². The molecule has 1 heterocycles. The second-order valence-electron chi connectivity index (χ2n) is 3.49. The third kappa shape index (κ3) is 2.48. The molecule has 0 aromatic rings. The summed E-state index contributed by atoms with van der Waals surface area (Å²) in [4.78, 5) is 16.8. The molecule has 0 aliphatic carbocycles. The molecule has 0 unspecified atom stereocenters. The number of rotatable bonds is 1. The van der Waals surface area contributed by atoms with E-state index < -0.39 is 0 Å². The van der Waals surface area contributed by atoms with Crippen molar-refractivity contribution in [3.8, 4) is 0 Å². The Balaban J connectivity index is 2.43. The highest BCUT2D eigenvalue weighted by atomic mass is 16.7. The summed E-state index contributed by atoms with van der Waals surface area (Å²) in [6, 6.07) is 0. The molecule has 3 heteroatoms. The Kier molecular flexibility index (Phi) is 3.53. The van der Waals surface area contributed by atoms with Crippen molar-refractivity contribution in [1.29, 1.82) is 0 Å². The number of hydroxylamine groups is 2. The smallest absolute Gasteiger partial charge is 0.248 e. The van der Waals surface area contributed by atoms with Crippen LogP contribution in [0.1, 0.15) is 33.1 Å². The predicted molar refractivity (Wildman–Crippen MR) is 46.4 cm³/mol. The first kappa shape index (κ1) is 9.52. The molecule has 0 radical (unpaired) electrons. The summed E-state index contributed by atoms with van der Waals surface area (Å²) in [5.74, 6) is 0.153. The van der Waals surface area contributed by atoms with Crippen molar-refractivity contribution in [3.63, 3.8) is 0 Å². The molecule has 0 bridgehead atoms. The molecule has 0 spiro atoms. The largest absolute Gasteiger partial charge is 0.272 e. The van der Waals surface area contributed by atoms with Crippen LogP contribution < -0.4 is 0 Å². The van der Waals surface area contributed by atoms with Gasteiger partial charge >= 0.3 is 0 Å². The van der Waals surface area contributed by atoms with Gasteiger partial charge in [-0.05, 0) is 19.3 Å². The molecule has 70 valence electrons. The van der Waals surface area contributed by atoms with Gasteiger partial charge in [0.05, 0.1) is 6.61 Å². The van der Waals surface area contributed by atoms with E-state index in [4.69, 9.17) is 4.84 Å². The fourth-order valence-corrected chi connectivity index (χ4v) is 1.24. The molecule has 1 amide bonds. The van der Waals surface area contributed by atoms with Gasteiger partial charge < -0.3 is 0 Å². The summed E-state index contributed by atoms with van der Waals surface area (Å²) in [6.45, 7) is 5.25. The van der Waals surface area contributed by atoms with Crippen LogP contribution in [0.5, 0.6) is 0 Å². The van der Waals surface area contributed by atoms with Gasteiger partial charge in [-0.25, -0.2) is 5.06 Å². The van der Waals surface area contributed by atoms with Crippen LogP contribution in [-0.2, 0) is 9.63 Å². The molecule has 0 aromatic carbocycles. The third-order valence-electron chi connectivity index (χ3n) is 1.99. The van der Waals surface area contributed by atoms with Gasteiger partial charge in [-0.1, -0.05) is 13.8 Å². The minimum Gasteiger partial charge on any atom is -0.272 e. The number of hydrogen-bond donors (Lipinski definition) is 0. The molecule has 12 heavy (non-hydrogen) atoms. The van der Waals surface area contributed by atoms with E-state index in [1.807, 2.05) is 13.8 Å². The van der Waals surface area contributed by atoms with E-state index in [2.05, 4.69) is 0 Å². The second kappa shape index (κ2) is 4.45. The van der Waals surface area contributed by atoms with Crippen molar-refractivity contribution in [2.24, 2.45) is 5.92 Å². The van der Waals surface area contributed by atoms with Gasteiger partial charge in [0.15, 0.2) is 0 Å². The molecular formula is C9H17NO2. The van der Waals surface area contributed by atoms with Crippen LogP contribution in [0.2, 0.25) is 0 Å². The zero-order chi connectivity index (χ0) is 8.97. The normalized spacial score (nSPS) is 19.4. The van der Waals surface area contributed by atoms with Crippen LogP contribution in [0, 0.1) is 5.92 Å². The van der Waals surface area contributed by atoms with E-state index in [1.165, 1.54) is 11.5 Å². The van der Waals surface area contributed by atoms with Crippen molar-refractivity contribution < 1.29 is 9.63 Å². The van der Waals surface area contributed by atoms with Crippen LogP contribution in [0.25, 0.3) is 0 Å². The first-order valence-electron chi connectivity index (χ1n) is 4.66. The summed E-state index contributed by atoms with van der Waals surface area (Å²) in [6.07, 6.45) is 3.31. The summed E-state index contributed by atoms with van der Waals surface area (Å²) >= 11 is 0. The van der Waals surface area contributed by atoms with Gasteiger partial charge in [0.2, 0.25) is 5.91 Å². The highest BCUT2D eigenvalue weighted by molar-refractivity contribution is 5.77. The Bertz CT molecular complexity index is 149. The number of nitrogens with zero attached hydrogens (tertiary/aromatic N) is 1. The molecule has 0 atom stereocenters. The van der Waals surface area contributed by atoms with Crippen molar-refractivity contribution in [2.45, 2.75) is 33.1 Å². The number of carbonyl (C=O) groups is 1. The number of hydrogen-bond acceptors (Lipinski definition) is 2. The minimum atomic E-state index is 0.0445. The average molecular weight is 171 g/mol. The van der Waals surface area contributed by atoms with Crippen molar-refractivity contribution in [3.05, 3.63) is 0 Å². The lowest BCUT2D eigenvalue weighted by Crippen LogP contribution is -2.34. The van der Waals surface area contributed by atoms with Crippen LogP contribution in [0.4, 0.5) is 0 Å². The Morgan fingerprint density at radius 3 is 2.75 bits per heavy atom. The highest BCUT2D eigenvalue weighted by Crippen LogP contribution is 2.10. The molecule has 0 aromatic heterocycles. The van der Waals surface area contributed by atoms with Gasteiger partial charge in [-0.3, -0.25) is 9.63 Å². The zero-order valence-electron chi connectivity index (χ0n) is 7.88. The molecule has 0 saturated carbocycles. The standard InChI is InChI=1S/C9H17NO2/c1-8(2)9(11)10-6-4-3-5-7-12-10/h8H,3-7H2,1-2H3. The van der Waals surface area contributed by atoms with Crippen molar-refractivity contribution in [2.75, 3.05) is 13.2 Å². The van der Waals surface area contributed by atoms with Gasteiger partial charge in [0, 0.05) is 12.5 Å². The zero-order valence-corrected chi connectivity index (χ0v) is 7.88. The maximum absolute atomic E-state index is 11.5. The van der Waals surface area contributed by atoms with Crippen LogP contribution in [0.3, 0.4) is 0 Å². The quantitative estimate of drug-likeness (QED) is 0.599. The fraction of sp³-hybridized carbons (Fsp3) is 0.889. The van der Waals surface area contributed by atoms with Crippen molar-refractivity contribution >= 4 is 5.91 Å². The Morgan fingerprint density at radius 1 is 1.33 bits per heavy atom. The lowest BCUT2D eigenvalue weighted by molar-refractivity contribution is -0.187. The maximum atomic E-state index is 11.5. The lowest BCUT2D eigenvalue weighted by atomic mass is 10.2. The molecule has 1 aliphatic heterocycles. The summed E-state index contributed by atoms with van der Waals surface area (Å²) in [5, 5.41) is 1.53. The molecule has 1 fully saturated rings. The molecule has 1 rings (SSSR count). The Labute approximate surface area is 73.6 Å². The molecule has 3 nitrogen and oxygen atoms in total. The number of amides is 1. The van der Waals surface area contributed by atoms with Gasteiger partial charge in [0.1, 0.15) is 0 Å². The number of carbonyl (C=O) groups excluding carboxylic acids is 1. The molecule has 1 saturated heterocycles. The van der Waals surface area contributed by atoms with E-state index in [0.717, 1.165) is 19.4 Å². The van der Waals surface area contributed by atoms with Crippen LogP contribution in [0.15, 0.2) is 0 Å². The van der Waals surface area contributed by atoms with E-state index in [0.29, 0.717) is 6.61 Å². The monoisotopic (exact) mass is 171 g/mol. The maximum Gasteiger partial charge on any atom is 0.248 e. The average Bonchev–Trinajstić information content (AvgIpc) is 2.30. The summed E-state index contributed by atoms with van der Waals surface area (Å²) < 4.78 is 0. The van der Waals surface area contributed by atoms with E-state index >= 15 is 0 Å². The fourth-order valence-electron chi connectivity index (χ4n) is 1.24. The highest BCUT2D eigenvalue weighted by Gasteiger charge is 2.18. The second-order valence-corrected chi connectivity index (χ2v) is 3.49. The first-order valence-corrected chi connectivity index (χ1v) is 4.66. The predicted octanol–water partition coefficient (Wildman–Crippen LogP) is 1.59. The van der Waals surface area contributed by atoms with Gasteiger partial charge in [-0.2, -0.15) is 0 Å². The molecule has 1 aliphatic rings. The van der Waals surface area contributed by atoms with E-state index in [9.17, 15) is 4.79 Å². The first-order chi connectivity index (χ1) is 5.72. The lowest BCUT2D eigenvalue weighted by Gasteiger charge is -2.20. The van der Waals surface area contributed by atoms with Gasteiger partial charge in [0.25, 0.3) is 0 Å². The summed E-state index contributed by atoms with van der Waals surface area (Å²) in [7, 11) is 0. The van der Waals surface area contributed by atoms with Crippen molar-refractivity contribution in [1.82, 2.24) is 5.06 Å². The van der Waals surface area contributed by atoms with Crippen LogP contribution >= 0.6 is 0 Å². The third-order valence-corrected chi connectivity index (χ3v) is 1.99.